The Morgan fingerprint density at radius 1 is 1.12 bits per heavy atom. The second-order valence-electron chi connectivity index (χ2n) is 5.36. The molecule has 2 aromatic rings. The Kier molecular flexibility index (Phi) is 4.92. The Labute approximate surface area is 148 Å². The van der Waals surface area contributed by atoms with E-state index in [2.05, 4.69) is 10.6 Å². The van der Waals surface area contributed by atoms with Crippen LogP contribution in [-0.2, 0) is 16.0 Å². The second kappa shape index (κ2) is 7.11. The Morgan fingerprint density at radius 3 is 2.62 bits per heavy atom. The minimum absolute atomic E-state index is 0.00993. The predicted molar refractivity (Wildman–Crippen MR) is 94.0 cm³/mol. The van der Waals surface area contributed by atoms with E-state index in [1.807, 2.05) is 6.07 Å². The molecule has 5 nitrogen and oxygen atoms in total. The fourth-order valence-electron chi connectivity index (χ4n) is 2.42. The Morgan fingerprint density at radius 2 is 1.88 bits per heavy atom. The molecule has 0 aromatic heterocycles. The highest BCUT2D eigenvalue weighted by Gasteiger charge is 2.15. The molecule has 2 N–H and O–H groups in total. The van der Waals surface area contributed by atoms with E-state index < -0.39 is 0 Å². The van der Waals surface area contributed by atoms with Gasteiger partial charge in [-0.25, -0.2) is 0 Å². The fraction of sp³-hybridized carbons (Fsp3) is 0.176. The Hall–Kier alpha value is -2.24. The minimum atomic E-state index is -0.320. The molecule has 0 aliphatic carbocycles. The van der Waals surface area contributed by atoms with Crippen LogP contribution in [0.4, 0.5) is 11.4 Å². The van der Waals surface area contributed by atoms with Gasteiger partial charge >= 0.3 is 0 Å². The van der Waals surface area contributed by atoms with E-state index in [-0.39, 0.29) is 18.4 Å². The number of carbonyl (C=O) groups excluding carboxylic acids is 2. The third kappa shape index (κ3) is 4.19. The van der Waals surface area contributed by atoms with Crippen molar-refractivity contribution in [2.75, 3.05) is 17.2 Å². The minimum Gasteiger partial charge on any atom is -0.484 e. The number of benzene rings is 2. The van der Waals surface area contributed by atoms with E-state index >= 15 is 0 Å². The molecule has 0 atom stereocenters. The first-order valence-corrected chi connectivity index (χ1v) is 8.07. The van der Waals surface area contributed by atoms with Gasteiger partial charge in [-0.15, -0.1) is 0 Å². The summed E-state index contributed by atoms with van der Waals surface area (Å²) in [4.78, 5) is 23.3. The zero-order valence-electron chi connectivity index (χ0n) is 12.6. The summed E-state index contributed by atoms with van der Waals surface area (Å²) in [7, 11) is 0. The summed E-state index contributed by atoms with van der Waals surface area (Å²) < 4.78 is 5.50. The molecule has 0 saturated heterocycles. The highest BCUT2D eigenvalue weighted by atomic mass is 35.5. The van der Waals surface area contributed by atoms with E-state index in [4.69, 9.17) is 27.9 Å². The van der Waals surface area contributed by atoms with Gasteiger partial charge in [0.2, 0.25) is 5.91 Å². The molecule has 0 saturated carbocycles. The number of aryl methyl sites for hydroxylation is 1. The molecule has 1 heterocycles. The highest BCUT2D eigenvalue weighted by Crippen LogP contribution is 2.27. The molecule has 0 bridgehead atoms. The number of hydrogen-bond acceptors (Lipinski definition) is 3. The van der Waals surface area contributed by atoms with Gasteiger partial charge < -0.3 is 15.4 Å². The molecule has 0 spiro atoms. The first-order chi connectivity index (χ1) is 11.5. The van der Waals surface area contributed by atoms with Crippen molar-refractivity contribution in [2.45, 2.75) is 12.8 Å². The van der Waals surface area contributed by atoms with Gasteiger partial charge in [-0.1, -0.05) is 23.2 Å². The molecule has 7 heteroatoms. The summed E-state index contributed by atoms with van der Waals surface area (Å²) in [5.41, 5.74) is 2.29. The number of fused-ring (bicyclic) bond motifs is 1. The van der Waals surface area contributed by atoms with Gasteiger partial charge in [-0.05, 0) is 48.4 Å². The zero-order valence-corrected chi connectivity index (χ0v) is 14.1. The molecule has 1 aliphatic heterocycles. The number of amides is 2. The number of halogens is 2. The van der Waals surface area contributed by atoms with Gasteiger partial charge in [0.15, 0.2) is 6.61 Å². The third-order valence-electron chi connectivity index (χ3n) is 3.49. The number of hydrogen-bond donors (Lipinski definition) is 2. The smallest absolute Gasteiger partial charge is 0.262 e. The summed E-state index contributed by atoms with van der Waals surface area (Å²) in [6.45, 7) is -0.144. The van der Waals surface area contributed by atoms with Crippen LogP contribution in [0.3, 0.4) is 0 Å². The maximum absolute atomic E-state index is 12.0. The molecular formula is C17H14Cl2N2O3. The average molecular weight is 365 g/mol. The van der Waals surface area contributed by atoms with Gasteiger partial charge in [0.05, 0.1) is 0 Å². The lowest BCUT2D eigenvalue weighted by atomic mass is 10.0. The molecule has 0 fully saturated rings. The van der Waals surface area contributed by atoms with Crippen LogP contribution in [0.1, 0.15) is 12.0 Å². The zero-order chi connectivity index (χ0) is 17.1. The first kappa shape index (κ1) is 16.6. The van der Waals surface area contributed by atoms with Gasteiger partial charge in [0.25, 0.3) is 5.91 Å². The monoisotopic (exact) mass is 364 g/mol. The molecule has 24 heavy (non-hydrogen) atoms. The second-order valence-corrected chi connectivity index (χ2v) is 6.23. The SMILES string of the molecule is O=C(COc1ccc2c(c1)CCC(=O)N2)Nc1cc(Cl)cc(Cl)c1. The summed E-state index contributed by atoms with van der Waals surface area (Å²) in [6, 6.07) is 10.1. The molecule has 124 valence electrons. The van der Waals surface area contributed by atoms with Crippen molar-refractivity contribution in [3.05, 3.63) is 52.0 Å². The molecule has 1 aliphatic rings. The lowest BCUT2D eigenvalue weighted by Gasteiger charge is -2.17. The number of ether oxygens (including phenoxy) is 1. The quantitative estimate of drug-likeness (QED) is 0.864. The average Bonchev–Trinajstić information content (AvgIpc) is 2.52. The number of rotatable bonds is 4. The van der Waals surface area contributed by atoms with E-state index in [1.54, 1.807) is 30.3 Å². The van der Waals surface area contributed by atoms with E-state index in [0.717, 1.165) is 11.3 Å². The molecule has 3 rings (SSSR count). The van der Waals surface area contributed by atoms with Gasteiger partial charge in [-0.2, -0.15) is 0 Å². The summed E-state index contributed by atoms with van der Waals surface area (Å²) in [6.07, 6.45) is 1.11. The standard InChI is InChI=1S/C17H14Cl2N2O3/c18-11-6-12(19)8-13(7-11)20-17(23)9-24-14-2-3-15-10(5-14)1-4-16(22)21-15/h2-3,5-8H,1,4,9H2,(H,20,23)(H,21,22). The van der Waals surface area contributed by atoms with Crippen molar-refractivity contribution in [1.82, 2.24) is 0 Å². The van der Waals surface area contributed by atoms with E-state index in [9.17, 15) is 9.59 Å². The number of nitrogens with one attached hydrogen (secondary N) is 2. The van der Waals surface area contributed by atoms with Crippen molar-refractivity contribution >= 4 is 46.4 Å². The van der Waals surface area contributed by atoms with Crippen LogP contribution in [0.5, 0.6) is 5.75 Å². The normalized spacial score (nSPS) is 13.0. The van der Waals surface area contributed by atoms with E-state index in [0.29, 0.717) is 34.3 Å². The van der Waals surface area contributed by atoms with Crippen LogP contribution in [0.15, 0.2) is 36.4 Å². The van der Waals surface area contributed by atoms with Gasteiger partial charge in [-0.3, -0.25) is 9.59 Å². The lowest BCUT2D eigenvalue weighted by Crippen LogP contribution is -2.21. The molecule has 0 unspecified atom stereocenters. The summed E-state index contributed by atoms with van der Waals surface area (Å²) >= 11 is 11.8. The fourth-order valence-corrected chi connectivity index (χ4v) is 2.95. The van der Waals surface area contributed by atoms with Crippen molar-refractivity contribution < 1.29 is 14.3 Å². The lowest BCUT2D eigenvalue weighted by molar-refractivity contribution is -0.118. The highest BCUT2D eigenvalue weighted by molar-refractivity contribution is 6.35. The van der Waals surface area contributed by atoms with Crippen molar-refractivity contribution in [3.8, 4) is 5.75 Å². The van der Waals surface area contributed by atoms with E-state index in [1.165, 1.54) is 0 Å². The molecule has 2 amide bonds. The number of carbonyl (C=O) groups is 2. The van der Waals surface area contributed by atoms with Crippen molar-refractivity contribution in [2.24, 2.45) is 0 Å². The topological polar surface area (TPSA) is 67.4 Å². The maximum Gasteiger partial charge on any atom is 0.262 e. The molecule has 0 radical (unpaired) electrons. The van der Waals surface area contributed by atoms with Gasteiger partial charge in [0, 0.05) is 27.8 Å². The third-order valence-corrected chi connectivity index (χ3v) is 3.92. The van der Waals surface area contributed by atoms with Gasteiger partial charge in [0.1, 0.15) is 5.75 Å². The Bertz CT molecular complexity index is 788. The van der Waals surface area contributed by atoms with Crippen LogP contribution in [0, 0.1) is 0 Å². The van der Waals surface area contributed by atoms with Crippen molar-refractivity contribution in [3.63, 3.8) is 0 Å². The van der Waals surface area contributed by atoms with Crippen LogP contribution in [0.25, 0.3) is 0 Å². The van der Waals surface area contributed by atoms with Crippen LogP contribution < -0.4 is 15.4 Å². The van der Waals surface area contributed by atoms with Crippen LogP contribution in [-0.4, -0.2) is 18.4 Å². The first-order valence-electron chi connectivity index (χ1n) is 7.31. The molecular weight excluding hydrogens is 351 g/mol. The largest absolute Gasteiger partial charge is 0.484 e. The van der Waals surface area contributed by atoms with Crippen LogP contribution in [0.2, 0.25) is 10.0 Å². The maximum atomic E-state index is 12.0. The Balaban J connectivity index is 1.59. The van der Waals surface area contributed by atoms with Crippen LogP contribution >= 0.6 is 23.2 Å². The summed E-state index contributed by atoms with van der Waals surface area (Å²) in [5.74, 6) is 0.263. The predicted octanol–water partition coefficient (Wildman–Crippen LogP) is 3.90. The number of anilines is 2. The summed E-state index contributed by atoms with van der Waals surface area (Å²) in [5, 5.41) is 6.35. The van der Waals surface area contributed by atoms with Crippen molar-refractivity contribution in [1.29, 1.82) is 0 Å². The molecule has 2 aromatic carbocycles.